The maximum atomic E-state index is 13.3. The monoisotopic (exact) mass is 671 g/mol. The first-order valence-corrected chi connectivity index (χ1v) is 14.8. The number of furan rings is 1. The van der Waals surface area contributed by atoms with E-state index in [4.69, 9.17) is 16.0 Å². The van der Waals surface area contributed by atoms with E-state index < -0.39 is 41.3 Å². The molecule has 0 saturated carbocycles. The zero-order chi connectivity index (χ0) is 33.4. The fourth-order valence-corrected chi connectivity index (χ4v) is 5.87. The third kappa shape index (κ3) is 7.07. The van der Waals surface area contributed by atoms with E-state index in [1.165, 1.54) is 30.8 Å². The average molecular weight is 672 g/mol. The smallest absolute Gasteiger partial charge is 0.480 e. The number of carboxylic acids is 1. The van der Waals surface area contributed by atoms with Crippen molar-refractivity contribution in [2.45, 2.75) is 52.7 Å². The van der Waals surface area contributed by atoms with E-state index in [0.717, 1.165) is 26.5 Å². The highest BCUT2D eigenvalue weighted by Gasteiger charge is 2.32. The Balaban J connectivity index is 1.78. The molecule has 45 heavy (non-hydrogen) atoms. The fraction of sp³-hybridized carbons (Fsp3) is 0.393. The highest BCUT2D eigenvalue weighted by atomic mass is 35.5. The summed E-state index contributed by atoms with van der Waals surface area (Å²) in [6.07, 6.45) is -4.75. The van der Waals surface area contributed by atoms with Gasteiger partial charge < -0.3 is 18.8 Å². The largest absolute Gasteiger partial charge is 0.573 e. The molecule has 0 aliphatic heterocycles. The summed E-state index contributed by atoms with van der Waals surface area (Å²) in [7, 11) is 2.74. The summed E-state index contributed by atoms with van der Waals surface area (Å²) in [5.41, 5.74) is -0.241. The molecule has 0 bridgehead atoms. The maximum Gasteiger partial charge on any atom is 0.573 e. The minimum absolute atomic E-state index is 0.0145. The van der Waals surface area contributed by atoms with Gasteiger partial charge in [-0.15, -0.1) is 24.5 Å². The second kappa shape index (κ2) is 13.1. The summed E-state index contributed by atoms with van der Waals surface area (Å²) >= 11 is 7.11. The number of carbonyl (C=O) groups is 2. The van der Waals surface area contributed by atoms with E-state index in [2.05, 4.69) is 15.0 Å². The molecule has 1 aromatic carbocycles. The minimum Gasteiger partial charge on any atom is -0.480 e. The fourth-order valence-electron chi connectivity index (χ4n) is 4.72. The number of nitrogens with one attached hydrogen (secondary N) is 1. The van der Waals surface area contributed by atoms with E-state index >= 15 is 0 Å². The van der Waals surface area contributed by atoms with Crippen LogP contribution in [0.5, 0.6) is 5.75 Å². The summed E-state index contributed by atoms with van der Waals surface area (Å²) in [4.78, 5) is 54.9. The van der Waals surface area contributed by atoms with Crippen molar-refractivity contribution >= 4 is 45.9 Å². The number of fused-ring (bicyclic) bond motifs is 1. The summed E-state index contributed by atoms with van der Waals surface area (Å²) < 4.78 is 51.5. The van der Waals surface area contributed by atoms with Gasteiger partial charge in [-0.2, -0.15) is 4.99 Å². The first kappa shape index (κ1) is 33.7. The molecule has 4 aromatic rings. The van der Waals surface area contributed by atoms with E-state index in [-0.39, 0.29) is 51.3 Å². The van der Waals surface area contributed by atoms with Crippen LogP contribution >= 0.6 is 22.9 Å². The van der Waals surface area contributed by atoms with Crippen LogP contribution in [0.15, 0.2) is 42.6 Å². The Bertz CT molecular complexity index is 1970. The number of amides is 1. The zero-order valence-corrected chi connectivity index (χ0v) is 26.3. The molecule has 0 aliphatic carbocycles. The normalized spacial score (nSPS) is 13.8. The first-order valence-electron chi connectivity index (χ1n) is 13.5. The van der Waals surface area contributed by atoms with E-state index in [9.17, 15) is 37.5 Å². The lowest BCUT2D eigenvalue weighted by Gasteiger charge is -2.21. The molecular weight excluding hydrogens is 643 g/mol. The quantitative estimate of drug-likeness (QED) is 0.258. The molecule has 0 radical (unpaired) electrons. The van der Waals surface area contributed by atoms with Crippen molar-refractivity contribution in [1.82, 2.24) is 19.0 Å². The van der Waals surface area contributed by atoms with Crippen LogP contribution in [0.1, 0.15) is 31.6 Å². The van der Waals surface area contributed by atoms with Crippen molar-refractivity contribution in [3.8, 4) is 17.0 Å². The summed E-state index contributed by atoms with van der Waals surface area (Å²) in [5, 5.41) is 14.1. The number of hydrogen-bond acceptors (Lipinski definition) is 8. The summed E-state index contributed by atoms with van der Waals surface area (Å²) in [6.45, 7) is 5.01. The van der Waals surface area contributed by atoms with Crippen LogP contribution in [0.25, 0.3) is 22.4 Å². The van der Waals surface area contributed by atoms with Gasteiger partial charge >= 0.3 is 18.0 Å². The van der Waals surface area contributed by atoms with Gasteiger partial charge in [0.25, 0.3) is 11.5 Å². The SMILES string of the molecule is CC[C@H](C)[C@H](NCn1c(-c2ccc(OC(F)(F)F)c(Cl)c2)csc1=NC(=O)Cc1c(C)oc2c1c(=O)n(C)c(=O)n2C)C(=O)O. The lowest BCUT2D eigenvalue weighted by Crippen LogP contribution is -2.43. The van der Waals surface area contributed by atoms with Gasteiger partial charge in [0.1, 0.15) is 22.9 Å². The van der Waals surface area contributed by atoms with Crippen LogP contribution in [0.3, 0.4) is 0 Å². The Kier molecular flexibility index (Phi) is 9.80. The number of alkyl halides is 3. The molecule has 0 unspecified atom stereocenters. The topological polar surface area (TPSA) is 150 Å². The molecule has 4 rings (SSSR count). The number of nitrogens with zero attached hydrogens (tertiary/aromatic N) is 4. The van der Waals surface area contributed by atoms with Gasteiger partial charge in [0, 0.05) is 30.6 Å². The second-order valence-corrected chi connectivity index (χ2v) is 11.5. The zero-order valence-electron chi connectivity index (χ0n) is 24.7. The molecule has 17 heteroatoms. The lowest BCUT2D eigenvalue weighted by atomic mass is 10.00. The summed E-state index contributed by atoms with van der Waals surface area (Å²) in [6, 6.07) is 2.66. The number of aromatic nitrogens is 3. The number of rotatable bonds is 10. The number of ether oxygens (including phenoxy) is 1. The molecular formula is C28H29ClF3N5O7S. The van der Waals surface area contributed by atoms with Crippen LogP contribution in [0, 0.1) is 12.8 Å². The van der Waals surface area contributed by atoms with E-state index in [1.54, 1.807) is 19.2 Å². The highest BCUT2D eigenvalue weighted by molar-refractivity contribution is 7.07. The predicted molar refractivity (Wildman–Crippen MR) is 159 cm³/mol. The second-order valence-electron chi connectivity index (χ2n) is 10.3. The van der Waals surface area contributed by atoms with Crippen LogP contribution in [-0.2, 0) is 36.8 Å². The maximum absolute atomic E-state index is 13.3. The van der Waals surface area contributed by atoms with Crippen molar-refractivity contribution < 1.29 is 37.0 Å². The van der Waals surface area contributed by atoms with E-state index in [0.29, 0.717) is 17.7 Å². The van der Waals surface area contributed by atoms with E-state index in [1.807, 2.05) is 6.92 Å². The third-order valence-electron chi connectivity index (χ3n) is 7.34. The van der Waals surface area contributed by atoms with Crippen molar-refractivity contribution in [3.63, 3.8) is 0 Å². The number of aryl methyl sites for hydroxylation is 2. The first-order chi connectivity index (χ1) is 21.0. The molecule has 0 aliphatic rings. The Morgan fingerprint density at radius 2 is 1.91 bits per heavy atom. The lowest BCUT2D eigenvalue weighted by molar-refractivity contribution is -0.274. The molecule has 0 spiro atoms. The van der Waals surface area contributed by atoms with Gasteiger partial charge in [0.05, 0.1) is 23.8 Å². The number of halogens is 4. The third-order valence-corrected chi connectivity index (χ3v) is 8.49. The molecule has 0 fully saturated rings. The van der Waals surface area contributed by atoms with Crippen molar-refractivity contribution in [2.24, 2.45) is 25.0 Å². The average Bonchev–Trinajstić information content (AvgIpc) is 3.51. The Hall–Kier alpha value is -4.15. The highest BCUT2D eigenvalue weighted by Crippen LogP contribution is 2.34. The molecule has 1 amide bonds. The van der Waals surface area contributed by atoms with Crippen molar-refractivity contribution in [2.75, 3.05) is 0 Å². The molecule has 12 nitrogen and oxygen atoms in total. The molecule has 3 heterocycles. The standard InChI is InChI=1S/C28H29ClF3N5O7S/c1-6-13(2)22(25(40)41)33-12-37-18(15-7-8-19(17(29)9-15)44-28(30,31)32)11-45-26(37)34-20(38)10-16-14(3)43-24-21(16)23(39)35(4)27(42)36(24)5/h7-9,11,13,22,33H,6,10,12H2,1-5H3,(H,40,41)/t13-,22-/m0/s1. The van der Waals surface area contributed by atoms with Gasteiger partial charge in [0.2, 0.25) is 5.71 Å². The van der Waals surface area contributed by atoms with Crippen LogP contribution in [0.4, 0.5) is 13.2 Å². The van der Waals surface area contributed by atoms with Crippen molar-refractivity contribution in [3.05, 3.63) is 65.6 Å². The van der Waals surface area contributed by atoms with Gasteiger partial charge in [0.15, 0.2) is 4.80 Å². The van der Waals surface area contributed by atoms with Gasteiger partial charge in [-0.25, -0.2) is 4.79 Å². The summed E-state index contributed by atoms with van der Waals surface area (Å²) in [5.74, 6) is -2.39. The number of carbonyl (C=O) groups excluding carboxylic acids is 1. The number of hydrogen-bond donors (Lipinski definition) is 2. The van der Waals surface area contributed by atoms with Gasteiger partial charge in [-0.3, -0.25) is 28.8 Å². The number of benzene rings is 1. The van der Waals surface area contributed by atoms with Gasteiger partial charge in [-0.05, 0) is 31.0 Å². The Morgan fingerprint density at radius 1 is 1.22 bits per heavy atom. The Labute approximate surface area is 261 Å². The van der Waals surface area contributed by atoms with Crippen LogP contribution < -0.4 is 26.1 Å². The van der Waals surface area contributed by atoms with Crippen LogP contribution in [0.2, 0.25) is 5.02 Å². The molecule has 3 aromatic heterocycles. The minimum atomic E-state index is -4.96. The van der Waals surface area contributed by atoms with Gasteiger partial charge in [-0.1, -0.05) is 31.9 Å². The molecule has 0 saturated heterocycles. The van der Waals surface area contributed by atoms with Crippen LogP contribution in [-0.4, -0.2) is 43.1 Å². The Morgan fingerprint density at radius 3 is 2.51 bits per heavy atom. The number of aliphatic carboxylic acids is 1. The molecule has 2 atom stereocenters. The molecule has 2 N–H and O–H groups in total. The number of carboxylic acid groups (broad SMARTS) is 1. The molecule has 242 valence electrons. The number of thiazole rings is 1. The van der Waals surface area contributed by atoms with Crippen molar-refractivity contribution in [1.29, 1.82) is 0 Å². The predicted octanol–water partition coefficient (Wildman–Crippen LogP) is 3.94.